The van der Waals surface area contributed by atoms with Gasteiger partial charge in [0.15, 0.2) is 0 Å². The molecule has 1 saturated heterocycles. The van der Waals surface area contributed by atoms with E-state index in [1.54, 1.807) is 0 Å². The average molecular weight is 314 g/mol. The lowest BCUT2D eigenvalue weighted by molar-refractivity contribution is -0.191. The van der Waals surface area contributed by atoms with Crippen LogP contribution < -0.4 is 0 Å². The highest BCUT2D eigenvalue weighted by molar-refractivity contribution is 7.87. The SMILES string of the molecule is CC1(OC(=O)C(F)(F)S(=O)(=O)O)CCC2CC1OC2=O. The third-order valence-corrected chi connectivity index (χ3v) is 4.46. The van der Waals surface area contributed by atoms with Crippen LogP contribution in [-0.4, -0.2) is 41.9 Å². The van der Waals surface area contributed by atoms with Crippen LogP contribution in [0.2, 0.25) is 0 Å². The summed E-state index contributed by atoms with van der Waals surface area (Å²) in [6.45, 7) is 1.28. The third kappa shape index (κ3) is 2.26. The van der Waals surface area contributed by atoms with E-state index in [-0.39, 0.29) is 25.2 Å². The highest BCUT2D eigenvalue weighted by Gasteiger charge is 2.59. The van der Waals surface area contributed by atoms with Crippen molar-refractivity contribution in [2.45, 2.75) is 43.1 Å². The summed E-state index contributed by atoms with van der Waals surface area (Å²) >= 11 is 0. The van der Waals surface area contributed by atoms with Gasteiger partial charge in [-0.2, -0.15) is 17.2 Å². The van der Waals surface area contributed by atoms with Crippen LogP contribution in [0.15, 0.2) is 0 Å². The Balaban J connectivity index is 2.18. The molecule has 0 radical (unpaired) electrons. The number of halogens is 2. The molecule has 3 unspecified atom stereocenters. The van der Waals surface area contributed by atoms with Gasteiger partial charge in [0, 0.05) is 6.42 Å². The molecule has 1 aliphatic heterocycles. The third-order valence-electron chi connectivity index (χ3n) is 3.65. The van der Waals surface area contributed by atoms with Gasteiger partial charge >= 0.3 is 27.3 Å². The molecule has 0 spiro atoms. The fraction of sp³-hybridized carbons (Fsp3) is 0.800. The lowest BCUT2D eigenvalue weighted by Crippen LogP contribution is -2.50. The number of esters is 2. The van der Waals surface area contributed by atoms with Crippen molar-refractivity contribution in [2.75, 3.05) is 0 Å². The van der Waals surface area contributed by atoms with Crippen LogP contribution in [-0.2, 0) is 29.2 Å². The molecule has 1 N–H and O–H groups in total. The first kappa shape index (κ1) is 15.1. The quantitative estimate of drug-likeness (QED) is 0.597. The molecule has 7 nitrogen and oxygen atoms in total. The Bertz CT molecular complexity index is 558. The van der Waals surface area contributed by atoms with Crippen LogP contribution in [0.5, 0.6) is 0 Å². The second-order valence-corrected chi connectivity index (χ2v) is 6.55. The summed E-state index contributed by atoms with van der Waals surface area (Å²) in [6.07, 6.45) is -0.298. The first-order chi connectivity index (χ1) is 8.97. The Morgan fingerprint density at radius 1 is 1.55 bits per heavy atom. The van der Waals surface area contributed by atoms with Crippen LogP contribution in [0.25, 0.3) is 0 Å². The Labute approximate surface area is 113 Å². The van der Waals surface area contributed by atoms with Gasteiger partial charge in [0.1, 0.15) is 11.7 Å². The molecule has 1 aliphatic carbocycles. The second kappa shape index (κ2) is 4.35. The second-order valence-electron chi connectivity index (χ2n) is 5.09. The van der Waals surface area contributed by atoms with Crippen molar-refractivity contribution in [3.63, 3.8) is 0 Å². The van der Waals surface area contributed by atoms with Crippen molar-refractivity contribution in [3.05, 3.63) is 0 Å². The summed E-state index contributed by atoms with van der Waals surface area (Å²) in [4.78, 5) is 22.6. The standard InChI is InChI=1S/C10H12F2O7S/c1-9(3-2-5-4-6(9)18-7(5)13)19-8(14)10(11,12)20(15,16)17/h5-6H,2-4H2,1H3,(H,15,16,17). The molecule has 0 aromatic carbocycles. The normalized spacial score (nSPS) is 33.7. The number of carbonyl (C=O) groups is 2. The van der Waals surface area contributed by atoms with Crippen LogP contribution in [0.4, 0.5) is 8.78 Å². The minimum atomic E-state index is -5.92. The number of carbonyl (C=O) groups excluding carboxylic acids is 2. The summed E-state index contributed by atoms with van der Waals surface area (Å²) < 4.78 is 65.0. The van der Waals surface area contributed by atoms with Crippen LogP contribution in [0, 0.1) is 5.92 Å². The minimum Gasteiger partial charge on any atom is -0.458 e. The largest absolute Gasteiger partial charge is 0.465 e. The molecule has 2 rings (SSSR count). The molecule has 114 valence electrons. The van der Waals surface area contributed by atoms with Crippen LogP contribution >= 0.6 is 0 Å². The highest BCUT2D eigenvalue weighted by Crippen LogP contribution is 2.43. The number of rotatable bonds is 3. The molecule has 10 heteroatoms. The van der Waals surface area contributed by atoms with E-state index in [4.69, 9.17) is 9.29 Å². The van der Waals surface area contributed by atoms with E-state index in [1.165, 1.54) is 6.92 Å². The van der Waals surface area contributed by atoms with E-state index >= 15 is 0 Å². The minimum absolute atomic E-state index is 0.0847. The van der Waals surface area contributed by atoms with Crippen molar-refractivity contribution in [2.24, 2.45) is 5.92 Å². The van der Waals surface area contributed by atoms with Gasteiger partial charge in [0.2, 0.25) is 0 Å². The lowest BCUT2D eigenvalue weighted by Gasteiger charge is -2.36. The van der Waals surface area contributed by atoms with E-state index in [1.807, 2.05) is 0 Å². The Hall–Kier alpha value is -1.29. The number of hydrogen-bond donors (Lipinski definition) is 1. The molecule has 2 bridgehead atoms. The summed E-state index contributed by atoms with van der Waals surface area (Å²) in [6, 6.07) is 0. The van der Waals surface area contributed by atoms with Gasteiger partial charge in [-0.15, -0.1) is 0 Å². The first-order valence-corrected chi connectivity index (χ1v) is 7.20. The van der Waals surface area contributed by atoms with Gasteiger partial charge in [-0.1, -0.05) is 0 Å². The van der Waals surface area contributed by atoms with Gasteiger partial charge in [-0.3, -0.25) is 9.35 Å². The molecule has 2 aliphatic rings. The van der Waals surface area contributed by atoms with Crippen molar-refractivity contribution >= 4 is 22.1 Å². The fourth-order valence-corrected chi connectivity index (χ4v) is 2.62. The predicted molar refractivity (Wildman–Crippen MR) is 58.2 cm³/mol. The maximum atomic E-state index is 13.1. The first-order valence-electron chi connectivity index (χ1n) is 5.76. The zero-order valence-electron chi connectivity index (χ0n) is 10.3. The molecule has 3 atom stereocenters. The summed E-state index contributed by atoms with van der Waals surface area (Å²) in [5, 5.41) is -5.06. The molecular formula is C10H12F2O7S. The van der Waals surface area contributed by atoms with Crippen molar-refractivity contribution in [1.29, 1.82) is 0 Å². The summed E-state index contributed by atoms with van der Waals surface area (Å²) in [5.41, 5.74) is -1.53. The summed E-state index contributed by atoms with van der Waals surface area (Å²) in [7, 11) is -5.92. The average Bonchev–Trinajstić information content (AvgIpc) is 2.62. The molecule has 20 heavy (non-hydrogen) atoms. The van der Waals surface area contributed by atoms with Crippen LogP contribution in [0.1, 0.15) is 26.2 Å². The van der Waals surface area contributed by atoms with Crippen molar-refractivity contribution in [1.82, 2.24) is 0 Å². The molecular weight excluding hydrogens is 302 g/mol. The Kier molecular flexibility index (Phi) is 3.29. The number of alkyl halides is 2. The maximum absolute atomic E-state index is 13.1. The van der Waals surface area contributed by atoms with Crippen molar-refractivity contribution < 1.29 is 40.8 Å². The summed E-state index contributed by atoms with van der Waals surface area (Å²) in [5.74, 6) is -3.23. The van der Waals surface area contributed by atoms with E-state index in [0.29, 0.717) is 0 Å². The zero-order chi connectivity index (χ0) is 15.3. The molecule has 1 saturated carbocycles. The lowest BCUT2D eigenvalue weighted by atomic mass is 9.80. The van der Waals surface area contributed by atoms with Crippen molar-refractivity contribution in [3.8, 4) is 0 Å². The van der Waals surface area contributed by atoms with Gasteiger partial charge in [0.25, 0.3) is 0 Å². The van der Waals surface area contributed by atoms with E-state index in [0.717, 1.165) is 0 Å². The Morgan fingerprint density at radius 3 is 2.70 bits per heavy atom. The highest BCUT2D eigenvalue weighted by atomic mass is 32.2. The number of fused-ring (bicyclic) bond motifs is 2. The number of hydrogen-bond acceptors (Lipinski definition) is 6. The van der Waals surface area contributed by atoms with E-state index in [9.17, 15) is 26.8 Å². The molecule has 0 aromatic rings. The van der Waals surface area contributed by atoms with E-state index in [2.05, 4.69) is 4.74 Å². The molecule has 2 fully saturated rings. The van der Waals surface area contributed by atoms with Gasteiger partial charge < -0.3 is 9.47 Å². The van der Waals surface area contributed by atoms with Gasteiger partial charge in [0.05, 0.1) is 5.92 Å². The molecule has 0 aromatic heterocycles. The van der Waals surface area contributed by atoms with Gasteiger partial charge in [-0.05, 0) is 19.8 Å². The molecule has 0 amide bonds. The number of ether oxygens (including phenoxy) is 2. The monoisotopic (exact) mass is 314 g/mol. The van der Waals surface area contributed by atoms with Gasteiger partial charge in [-0.25, -0.2) is 4.79 Å². The zero-order valence-corrected chi connectivity index (χ0v) is 11.2. The fourth-order valence-electron chi connectivity index (χ4n) is 2.36. The molecule has 1 heterocycles. The smallest absolute Gasteiger partial charge is 0.458 e. The predicted octanol–water partition coefficient (Wildman–Crippen LogP) is 0.494. The topological polar surface area (TPSA) is 107 Å². The van der Waals surface area contributed by atoms with E-state index < -0.39 is 39.0 Å². The van der Waals surface area contributed by atoms with Crippen LogP contribution in [0.3, 0.4) is 0 Å². The maximum Gasteiger partial charge on any atom is 0.465 e. The Morgan fingerprint density at radius 2 is 2.15 bits per heavy atom.